The Kier molecular flexibility index (Phi) is 5.90. The molecule has 0 saturated carbocycles. The molecular formula is C23H31N5O2. The molecule has 1 fully saturated rings. The standard InChI is InChI=1S/C23H31N5O2/c1-23(2,3)30-21(29)16-27-8-10-28(11-9-27)20-14-24-22(25-15-20)26-19-12-17-6-4-5-7-18(17)13-19/h4-7,14-15,19H,8-13,16H2,1-3H3,(H,24,25,26). The SMILES string of the molecule is CC(C)(C)OC(=O)CN1CCN(c2cnc(NC3Cc4ccccc4C3)nc2)CC1. The number of ether oxygens (including phenoxy) is 1. The number of anilines is 2. The highest BCUT2D eigenvalue weighted by atomic mass is 16.6. The molecule has 2 aromatic rings. The maximum atomic E-state index is 12.0. The van der Waals surface area contributed by atoms with Gasteiger partial charge in [-0.1, -0.05) is 24.3 Å². The van der Waals surface area contributed by atoms with Gasteiger partial charge in [0.1, 0.15) is 5.60 Å². The third-order valence-corrected chi connectivity index (χ3v) is 5.53. The van der Waals surface area contributed by atoms with E-state index >= 15 is 0 Å². The van der Waals surface area contributed by atoms with E-state index in [1.807, 2.05) is 33.2 Å². The Labute approximate surface area is 178 Å². The van der Waals surface area contributed by atoms with Crippen molar-refractivity contribution < 1.29 is 9.53 Å². The topological polar surface area (TPSA) is 70.6 Å². The molecule has 7 heteroatoms. The van der Waals surface area contributed by atoms with Crippen LogP contribution in [0.4, 0.5) is 11.6 Å². The average Bonchev–Trinajstić information content (AvgIpc) is 3.10. The molecule has 0 radical (unpaired) electrons. The van der Waals surface area contributed by atoms with E-state index in [1.165, 1.54) is 11.1 Å². The summed E-state index contributed by atoms with van der Waals surface area (Å²) in [7, 11) is 0. The second-order valence-electron chi connectivity index (χ2n) is 9.13. The summed E-state index contributed by atoms with van der Waals surface area (Å²) in [5, 5.41) is 3.46. The van der Waals surface area contributed by atoms with Crippen LogP contribution in [-0.4, -0.2) is 65.2 Å². The summed E-state index contributed by atoms with van der Waals surface area (Å²) in [5.41, 5.74) is 3.41. The normalized spacial score (nSPS) is 17.6. The van der Waals surface area contributed by atoms with Gasteiger partial charge < -0.3 is 15.0 Å². The number of fused-ring (bicyclic) bond motifs is 1. The van der Waals surface area contributed by atoms with Crippen molar-refractivity contribution in [3.8, 4) is 0 Å². The highest BCUT2D eigenvalue weighted by Crippen LogP contribution is 2.24. The van der Waals surface area contributed by atoms with Gasteiger partial charge in [-0.15, -0.1) is 0 Å². The molecule has 2 heterocycles. The Hall–Kier alpha value is -2.67. The molecule has 0 bridgehead atoms. The molecule has 1 aromatic carbocycles. The fourth-order valence-electron chi connectivity index (χ4n) is 4.12. The van der Waals surface area contributed by atoms with Crippen LogP contribution < -0.4 is 10.2 Å². The number of nitrogens with zero attached hydrogens (tertiary/aromatic N) is 4. The lowest BCUT2D eigenvalue weighted by molar-refractivity contribution is -0.156. The quantitative estimate of drug-likeness (QED) is 0.761. The van der Waals surface area contributed by atoms with Gasteiger partial charge in [0.2, 0.25) is 5.95 Å². The van der Waals surface area contributed by atoms with E-state index in [2.05, 4.69) is 49.4 Å². The molecule has 0 atom stereocenters. The molecule has 1 saturated heterocycles. The van der Waals surface area contributed by atoms with Crippen LogP contribution in [0.5, 0.6) is 0 Å². The molecule has 7 nitrogen and oxygen atoms in total. The molecule has 1 aromatic heterocycles. The zero-order chi connectivity index (χ0) is 21.1. The molecule has 1 aliphatic heterocycles. The lowest BCUT2D eigenvalue weighted by Gasteiger charge is -2.35. The van der Waals surface area contributed by atoms with Crippen molar-refractivity contribution in [3.05, 3.63) is 47.8 Å². The van der Waals surface area contributed by atoms with Crippen molar-refractivity contribution in [3.63, 3.8) is 0 Å². The summed E-state index contributed by atoms with van der Waals surface area (Å²) in [4.78, 5) is 25.5. The minimum atomic E-state index is -0.437. The van der Waals surface area contributed by atoms with Crippen molar-refractivity contribution in [2.24, 2.45) is 0 Å². The van der Waals surface area contributed by atoms with E-state index in [1.54, 1.807) is 0 Å². The predicted octanol–water partition coefficient (Wildman–Crippen LogP) is 2.52. The number of hydrogen-bond acceptors (Lipinski definition) is 7. The van der Waals surface area contributed by atoms with Gasteiger partial charge in [0.15, 0.2) is 0 Å². The second kappa shape index (κ2) is 8.60. The van der Waals surface area contributed by atoms with Gasteiger partial charge in [0, 0.05) is 32.2 Å². The first-order valence-corrected chi connectivity index (χ1v) is 10.7. The van der Waals surface area contributed by atoms with Crippen LogP contribution in [0.3, 0.4) is 0 Å². The zero-order valence-corrected chi connectivity index (χ0v) is 18.1. The van der Waals surface area contributed by atoms with E-state index in [0.717, 1.165) is 44.7 Å². The maximum absolute atomic E-state index is 12.0. The molecule has 160 valence electrons. The monoisotopic (exact) mass is 409 g/mol. The number of carbonyl (C=O) groups is 1. The zero-order valence-electron chi connectivity index (χ0n) is 18.1. The largest absolute Gasteiger partial charge is 0.459 e. The number of rotatable bonds is 5. The lowest BCUT2D eigenvalue weighted by atomic mass is 10.1. The van der Waals surface area contributed by atoms with Crippen molar-refractivity contribution >= 4 is 17.6 Å². The van der Waals surface area contributed by atoms with Crippen LogP contribution in [0.2, 0.25) is 0 Å². The van der Waals surface area contributed by atoms with Gasteiger partial charge >= 0.3 is 5.97 Å². The first-order valence-electron chi connectivity index (χ1n) is 10.7. The average molecular weight is 410 g/mol. The number of aromatic nitrogens is 2. The number of esters is 1. The lowest BCUT2D eigenvalue weighted by Crippen LogP contribution is -2.48. The Morgan fingerprint density at radius 1 is 1.07 bits per heavy atom. The summed E-state index contributed by atoms with van der Waals surface area (Å²) in [6.07, 6.45) is 5.81. The van der Waals surface area contributed by atoms with Gasteiger partial charge in [-0.3, -0.25) is 9.69 Å². The summed E-state index contributed by atoms with van der Waals surface area (Å²) in [6, 6.07) is 8.94. The van der Waals surface area contributed by atoms with Crippen molar-refractivity contribution in [2.45, 2.75) is 45.3 Å². The molecule has 30 heavy (non-hydrogen) atoms. The number of benzene rings is 1. The summed E-state index contributed by atoms with van der Waals surface area (Å²) in [5.74, 6) is 0.517. The molecular weight excluding hydrogens is 378 g/mol. The van der Waals surface area contributed by atoms with Crippen molar-refractivity contribution in [1.82, 2.24) is 14.9 Å². The summed E-state index contributed by atoms with van der Waals surface area (Å²) >= 11 is 0. The number of hydrogen-bond donors (Lipinski definition) is 1. The molecule has 4 rings (SSSR count). The fourth-order valence-corrected chi connectivity index (χ4v) is 4.12. The van der Waals surface area contributed by atoms with Gasteiger partial charge in [-0.05, 0) is 44.7 Å². The molecule has 0 amide bonds. The van der Waals surface area contributed by atoms with Gasteiger partial charge in [0.05, 0.1) is 24.6 Å². The first-order chi connectivity index (χ1) is 14.4. The molecule has 2 aliphatic rings. The Morgan fingerprint density at radius 2 is 1.67 bits per heavy atom. The van der Waals surface area contributed by atoms with Crippen LogP contribution in [0.15, 0.2) is 36.7 Å². The molecule has 1 N–H and O–H groups in total. The van der Waals surface area contributed by atoms with E-state index in [9.17, 15) is 4.79 Å². The van der Waals surface area contributed by atoms with E-state index in [4.69, 9.17) is 4.74 Å². The predicted molar refractivity (Wildman–Crippen MR) is 118 cm³/mol. The third kappa shape index (κ3) is 5.27. The number of piperazine rings is 1. The highest BCUT2D eigenvalue weighted by molar-refractivity contribution is 5.72. The fraction of sp³-hybridized carbons (Fsp3) is 0.522. The smallest absolute Gasteiger partial charge is 0.320 e. The maximum Gasteiger partial charge on any atom is 0.320 e. The minimum Gasteiger partial charge on any atom is -0.459 e. The Morgan fingerprint density at radius 3 is 2.23 bits per heavy atom. The molecule has 0 unspecified atom stereocenters. The Bertz CT molecular complexity index is 845. The Balaban J connectivity index is 1.25. The number of carbonyl (C=O) groups excluding carboxylic acids is 1. The highest BCUT2D eigenvalue weighted by Gasteiger charge is 2.24. The molecule has 0 spiro atoms. The number of nitrogens with one attached hydrogen (secondary N) is 1. The van der Waals surface area contributed by atoms with E-state index in [-0.39, 0.29) is 5.97 Å². The van der Waals surface area contributed by atoms with E-state index in [0.29, 0.717) is 18.5 Å². The molecule has 1 aliphatic carbocycles. The van der Waals surface area contributed by atoms with Crippen molar-refractivity contribution in [1.29, 1.82) is 0 Å². The summed E-state index contributed by atoms with van der Waals surface area (Å²) < 4.78 is 5.42. The van der Waals surface area contributed by atoms with Crippen LogP contribution >= 0.6 is 0 Å². The van der Waals surface area contributed by atoms with Crippen LogP contribution in [0, 0.1) is 0 Å². The third-order valence-electron chi connectivity index (χ3n) is 5.53. The van der Waals surface area contributed by atoms with Crippen molar-refractivity contribution in [2.75, 3.05) is 42.9 Å². The van der Waals surface area contributed by atoms with Crippen LogP contribution in [0.25, 0.3) is 0 Å². The van der Waals surface area contributed by atoms with Crippen LogP contribution in [0.1, 0.15) is 31.9 Å². The first kappa shape index (κ1) is 20.6. The van der Waals surface area contributed by atoms with Gasteiger partial charge in [0.25, 0.3) is 0 Å². The van der Waals surface area contributed by atoms with Gasteiger partial charge in [-0.25, -0.2) is 9.97 Å². The van der Waals surface area contributed by atoms with Crippen LogP contribution in [-0.2, 0) is 22.4 Å². The second-order valence-corrected chi connectivity index (χ2v) is 9.13. The van der Waals surface area contributed by atoms with E-state index < -0.39 is 5.60 Å². The van der Waals surface area contributed by atoms with Gasteiger partial charge in [-0.2, -0.15) is 0 Å². The summed E-state index contributed by atoms with van der Waals surface area (Å²) in [6.45, 7) is 9.36. The minimum absolute atomic E-state index is 0.163.